The van der Waals surface area contributed by atoms with Crippen LogP contribution in [0.1, 0.15) is 41.8 Å². The van der Waals surface area contributed by atoms with Crippen molar-refractivity contribution in [3.63, 3.8) is 0 Å². The van der Waals surface area contributed by atoms with Crippen LogP contribution in [0.3, 0.4) is 0 Å². The Balaban J connectivity index is 2.11. The third kappa shape index (κ3) is 3.23. The highest BCUT2D eigenvalue weighted by molar-refractivity contribution is 5.25. The van der Waals surface area contributed by atoms with Gasteiger partial charge in [-0.05, 0) is 33.7 Å². The number of hydrogen-bond donors (Lipinski definition) is 1. The second kappa shape index (κ2) is 6.02. The molecular formula is C14H22N4O. The summed E-state index contributed by atoms with van der Waals surface area (Å²) < 4.78 is 7.09. The van der Waals surface area contributed by atoms with Crippen molar-refractivity contribution in [1.29, 1.82) is 0 Å². The Morgan fingerprint density at radius 1 is 1.32 bits per heavy atom. The average Bonchev–Trinajstić information content (AvgIpc) is 2.88. The van der Waals surface area contributed by atoms with Crippen molar-refractivity contribution in [3.05, 3.63) is 34.5 Å². The van der Waals surface area contributed by atoms with Gasteiger partial charge < -0.3 is 9.84 Å². The average molecular weight is 262 g/mol. The number of rotatable bonds is 6. The highest BCUT2D eigenvalue weighted by atomic mass is 16.5. The first kappa shape index (κ1) is 13.8. The molecule has 0 fully saturated rings. The lowest BCUT2D eigenvalue weighted by molar-refractivity contribution is 0.387. The number of nitrogens with zero attached hydrogens (tertiary/aromatic N) is 3. The van der Waals surface area contributed by atoms with Crippen LogP contribution < -0.4 is 5.32 Å². The minimum absolute atomic E-state index is 0.664. The normalized spacial score (nSPS) is 11.2. The van der Waals surface area contributed by atoms with E-state index in [1.165, 1.54) is 11.3 Å². The number of aromatic nitrogens is 3. The standard InChI is InChI=1S/C14H22N4O/c1-5-6-15-8-14-11(3)16-18(12(14)4)9-13-7-10(2)19-17-13/h7,15H,5-6,8-9H2,1-4H3. The molecule has 2 aromatic rings. The van der Waals surface area contributed by atoms with E-state index in [9.17, 15) is 0 Å². The molecule has 5 nitrogen and oxygen atoms in total. The first-order valence-corrected chi connectivity index (χ1v) is 6.77. The Hall–Kier alpha value is -1.62. The van der Waals surface area contributed by atoms with Gasteiger partial charge in [-0.2, -0.15) is 5.10 Å². The Bertz CT molecular complexity index is 542. The monoisotopic (exact) mass is 262 g/mol. The Kier molecular flexibility index (Phi) is 4.37. The lowest BCUT2D eigenvalue weighted by atomic mass is 10.2. The number of hydrogen-bond acceptors (Lipinski definition) is 4. The molecule has 0 spiro atoms. The van der Waals surface area contributed by atoms with Crippen LogP contribution >= 0.6 is 0 Å². The van der Waals surface area contributed by atoms with E-state index in [4.69, 9.17) is 4.52 Å². The van der Waals surface area contributed by atoms with Crippen LogP contribution in [0.25, 0.3) is 0 Å². The Morgan fingerprint density at radius 2 is 2.11 bits per heavy atom. The fourth-order valence-corrected chi connectivity index (χ4v) is 2.18. The maximum absolute atomic E-state index is 5.09. The zero-order valence-electron chi connectivity index (χ0n) is 12.2. The summed E-state index contributed by atoms with van der Waals surface area (Å²) in [5.74, 6) is 0.835. The van der Waals surface area contributed by atoms with Gasteiger partial charge in [-0.15, -0.1) is 0 Å². The second-order valence-corrected chi connectivity index (χ2v) is 4.91. The quantitative estimate of drug-likeness (QED) is 0.812. The van der Waals surface area contributed by atoms with E-state index in [1.54, 1.807) is 0 Å². The molecule has 0 unspecified atom stereocenters. The summed E-state index contributed by atoms with van der Waals surface area (Å²) in [6, 6.07) is 1.95. The van der Waals surface area contributed by atoms with Gasteiger partial charge in [0.25, 0.3) is 0 Å². The maximum Gasteiger partial charge on any atom is 0.133 e. The molecule has 0 atom stereocenters. The van der Waals surface area contributed by atoms with Crippen LogP contribution in [0.4, 0.5) is 0 Å². The predicted molar refractivity (Wildman–Crippen MR) is 74.0 cm³/mol. The van der Waals surface area contributed by atoms with Gasteiger partial charge in [-0.25, -0.2) is 0 Å². The molecule has 2 heterocycles. The van der Waals surface area contributed by atoms with E-state index in [-0.39, 0.29) is 0 Å². The molecule has 0 amide bonds. The molecule has 0 aliphatic carbocycles. The van der Waals surface area contributed by atoms with Crippen LogP contribution in [0.2, 0.25) is 0 Å². The molecule has 0 bridgehead atoms. The van der Waals surface area contributed by atoms with Gasteiger partial charge in [-0.1, -0.05) is 12.1 Å². The molecule has 0 aromatic carbocycles. The number of aryl methyl sites for hydroxylation is 2. The fraction of sp³-hybridized carbons (Fsp3) is 0.571. The first-order chi connectivity index (χ1) is 9.11. The van der Waals surface area contributed by atoms with Crippen molar-refractivity contribution in [2.45, 2.75) is 47.2 Å². The second-order valence-electron chi connectivity index (χ2n) is 4.91. The van der Waals surface area contributed by atoms with Crippen molar-refractivity contribution >= 4 is 0 Å². The van der Waals surface area contributed by atoms with Gasteiger partial charge in [0.1, 0.15) is 11.5 Å². The lowest BCUT2D eigenvalue weighted by Gasteiger charge is -2.04. The van der Waals surface area contributed by atoms with Crippen molar-refractivity contribution in [3.8, 4) is 0 Å². The summed E-state index contributed by atoms with van der Waals surface area (Å²) in [5, 5.41) is 12.0. The van der Waals surface area contributed by atoms with Gasteiger partial charge >= 0.3 is 0 Å². The van der Waals surface area contributed by atoms with Crippen molar-refractivity contribution < 1.29 is 4.52 Å². The van der Waals surface area contributed by atoms with Crippen LogP contribution in [0.5, 0.6) is 0 Å². The first-order valence-electron chi connectivity index (χ1n) is 6.77. The van der Waals surface area contributed by atoms with Gasteiger partial charge in [0, 0.05) is 23.9 Å². The molecule has 2 rings (SSSR count). The molecule has 0 aliphatic rings. The highest BCUT2D eigenvalue weighted by Crippen LogP contribution is 2.14. The lowest BCUT2D eigenvalue weighted by Crippen LogP contribution is -2.15. The summed E-state index contributed by atoms with van der Waals surface area (Å²) in [5.41, 5.74) is 4.48. The van der Waals surface area contributed by atoms with E-state index < -0.39 is 0 Å². The van der Waals surface area contributed by atoms with E-state index >= 15 is 0 Å². The van der Waals surface area contributed by atoms with Crippen molar-refractivity contribution in [1.82, 2.24) is 20.3 Å². The summed E-state index contributed by atoms with van der Waals surface area (Å²) >= 11 is 0. The van der Waals surface area contributed by atoms with Crippen molar-refractivity contribution in [2.24, 2.45) is 0 Å². The van der Waals surface area contributed by atoms with E-state index in [0.29, 0.717) is 6.54 Å². The van der Waals surface area contributed by atoms with Gasteiger partial charge in [0.15, 0.2) is 0 Å². The highest BCUT2D eigenvalue weighted by Gasteiger charge is 2.12. The summed E-state index contributed by atoms with van der Waals surface area (Å²) in [7, 11) is 0. The molecule has 0 radical (unpaired) electrons. The van der Waals surface area contributed by atoms with Crippen LogP contribution in [0, 0.1) is 20.8 Å². The Morgan fingerprint density at radius 3 is 2.74 bits per heavy atom. The van der Waals surface area contributed by atoms with Gasteiger partial charge in [0.05, 0.1) is 12.2 Å². The minimum Gasteiger partial charge on any atom is -0.361 e. The largest absolute Gasteiger partial charge is 0.361 e. The molecule has 0 aliphatic heterocycles. The molecule has 1 N–H and O–H groups in total. The third-order valence-electron chi connectivity index (χ3n) is 3.25. The minimum atomic E-state index is 0.664. The molecule has 104 valence electrons. The summed E-state index contributed by atoms with van der Waals surface area (Å²) in [6.07, 6.45) is 1.14. The van der Waals surface area contributed by atoms with E-state index in [0.717, 1.165) is 36.7 Å². The predicted octanol–water partition coefficient (Wildman–Crippen LogP) is 2.34. The molecule has 5 heteroatoms. The molecule has 0 saturated carbocycles. The topological polar surface area (TPSA) is 55.9 Å². The molecule has 19 heavy (non-hydrogen) atoms. The van der Waals surface area contributed by atoms with Crippen LogP contribution in [0.15, 0.2) is 10.6 Å². The van der Waals surface area contributed by atoms with E-state index in [2.05, 4.69) is 36.3 Å². The van der Waals surface area contributed by atoms with E-state index in [1.807, 2.05) is 17.7 Å². The maximum atomic E-state index is 5.09. The smallest absolute Gasteiger partial charge is 0.133 e. The third-order valence-corrected chi connectivity index (χ3v) is 3.25. The fourth-order valence-electron chi connectivity index (χ4n) is 2.18. The molecular weight excluding hydrogens is 240 g/mol. The molecule has 2 aromatic heterocycles. The zero-order valence-corrected chi connectivity index (χ0v) is 12.2. The van der Waals surface area contributed by atoms with Gasteiger partial charge in [-0.3, -0.25) is 4.68 Å². The SMILES string of the molecule is CCCNCc1c(C)nn(Cc2cc(C)on2)c1C. The Labute approximate surface area is 114 Å². The zero-order chi connectivity index (χ0) is 13.8. The van der Waals surface area contributed by atoms with Crippen LogP contribution in [-0.4, -0.2) is 21.5 Å². The summed E-state index contributed by atoms with van der Waals surface area (Å²) in [4.78, 5) is 0. The van der Waals surface area contributed by atoms with Crippen molar-refractivity contribution in [2.75, 3.05) is 6.54 Å². The summed E-state index contributed by atoms with van der Waals surface area (Å²) in [6.45, 7) is 10.8. The molecule has 0 saturated heterocycles. The van der Waals surface area contributed by atoms with Gasteiger partial charge in [0.2, 0.25) is 0 Å². The van der Waals surface area contributed by atoms with Crippen LogP contribution in [-0.2, 0) is 13.1 Å². The number of nitrogens with one attached hydrogen (secondary N) is 1.